The summed E-state index contributed by atoms with van der Waals surface area (Å²) in [5.41, 5.74) is 1.19. The van der Waals surface area contributed by atoms with E-state index in [4.69, 9.17) is 4.74 Å². The molecule has 148 valence electrons. The summed E-state index contributed by atoms with van der Waals surface area (Å²) in [5, 5.41) is 11.3. The number of guanidine groups is 1. The van der Waals surface area contributed by atoms with E-state index in [1.807, 2.05) is 22.9 Å². The molecule has 1 aromatic carbocycles. The smallest absolute Gasteiger partial charge is 0.191 e. The number of nitrogens with one attached hydrogen (secondary N) is 2. The van der Waals surface area contributed by atoms with Crippen molar-refractivity contribution < 1.29 is 4.74 Å². The summed E-state index contributed by atoms with van der Waals surface area (Å²) >= 11 is 0. The highest BCUT2D eigenvalue weighted by atomic mass is 127. The monoisotopic (exact) mass is 484 g/mol. The molecule has 0 aliphatic carbocycles. The van der Waals surface area contributed by atoms with Crippen molar-refractivity contribution in [2.75, 3.05) is 20.2 Å². The van der Waals surface area contributed by atoms with Crippen LogP contribution in [-0.4, -0.2) is 47.0 Å². The molecule has 0 saturated carbocycles. The predicted octanol–water partition coefficient (Wildman–Crippen LogP) is 2.16. The molecule has 1 aliphatic rings. The molecule has 2 heterocycles. The van der Waals surface area contributed by atoms with Crippen LogP contribution in [0.2, 0.25) is 0 Å². The maximum Gasteiger partial charge on any atom is 0.191 e. The lowest BCUT2D eigenvalue weighted by molar-refractivity contribution is 0.125. The van der Waals surface area contributed by atoms with Gasteiger partial charge in [0, 0.05) is 32.5 Å². The van der Waals surface area contributed by atoms with Crippen LogP contribution in [0, 0.1) is 0 Å². The van der Waals surface area contributed by atoms with Gasteiger partial charge in [0.05, 0.1) is 19.8 Å². The number of ether oxygens (including phenoxy) is 1. The molecular weight excluding hydrogens is 455 g/mol. The maximum absolute atomic E-state index is 5.70. The topological polar surface area (TPSA) is 76.4 Å². The van der Waals surface area contributed by atoms with E-state index in [0.29, 0.717) is 25.8 Å². The normalized spacial score (nSPS) is 16.4. The van der Waals surface area contributed by atoms with Crippen LogP contribution >= 0.6 is 24.0 Å². The summed E-state index contributed by atoms with van der Waals surface area (Å²) in [7, 11) is 1.79. The molecule has 7 nitrogen and oxygen atoms in total. The molecule has 2 aromatic rings. The van der Waals surface area contributed by atoms with Crippen molar-refractivity contribution in [3.05, 3.63) is 47.5 Å². The Bertz CT molecular complexity index is 718. The first-order valence-electron chi connectivity index (χ1n) is 9.30. The Morgan fingerprint density at radius 2 is 2.15 bits per heavy atom. The summed E-state index contributed by atoms with van der Waals surface area (Å²) in [6.07, 6.45) is 2.86. The van der Waals surface area contributed by atoms with Gasteiger partial charge in [0.25, 0.3) is 0 Å². The Balaban J connectivity index is 0.00000261. The van der Waals surface area contributed by atoms with Crippen LogP contribution in [-0.2, 0) is 30.7 Å². The van der Waals surface area contributed by atoms with Gasteiger partial charge in [-0.05, 0) is 12.0 Å². The largest absolute Gasteiger partial charge is 0.375 e. The Morgan fingerprint density at radius 3 is 2.89 bits per heavy atom. The second-order valence-corrected chi connectivity index (χ2v) is 6.40. The zero-order chi connectivity index (χ0) is 18.2. The zero-order valence-electron chi connectivity index (χ0n) is 16.0. The third-order valence-electron chi connectivity index (χ3n) is 4.43. The minimum Gasteiger partial charge on any atom is -0.375 e. The van der Waals surface area contributed by atoms with E-state index in [9.17, 15) is 0 Å². The van der Waals surface area contributed by atoms with Gasteiger partial charge in [-0.25, -0.2) is 9.67 Å². The molecule has 1 aromatic heterocycles. The molecule has 0 radical (unpaired) electrons. The van der Waals surface area contributed by atoms with E-state index in [-0.39, 0.29) is 24.0 Å². The highest BCUT2D eigenvalue weighted by molar-refractivity contribution is 14.0. The molecule has 1 unspecified atom stereocenters. The molecule has 27 heavy (non-hydrogen) atoms. The van der Waals surface area contributed by atoms with Crippen molar-refractivity contribution >= 4 is 29.9 Å². The van der Waals surface area contributed by atoms with Crippen molar-refractivity contribution in [2.45, 2.75) is 45.4 Å². The van der Waals surface area contributed by atoms with Crippen LogP contribution in [0.1, 0.15) is 30.6 Å². The van der Waals surface area contributed by atoms with Crippen LogP contribution in [0.4, 0.5) is 0 Å². The van der Waals surface area contributed by atoms with E-state index in [2.05, 4.69) is 44.8 Å². The number of rotatable bonds is 7. The highest BCUT2D eigenvalue weighted by Gasteiger charge is 2.21. The van der Waals surface area contributed by atoms with Gasteiger partial charge in [0.2, 0.25) is 0 Å². The van der Waals surface area contributed by atoms with Crippen LogP contribution in [0.15, 0.2) is 35.3 Å². The van der Waals surface area contributed by atoms with Gasteiger partial charge in [0.15, 0.2) is 11.8 Å². The summed E-state index contributed by atoms with van der Waals surface area (Å²) in [6, 6.07) is 10.5. The molecule has 8 heteroatoms. The Kier molecular flexibility index (Phi) is 8.99. The summed E-state index contributed by atoms with van der Waals surface area (Å²) in [5.74, 6) is 2.83. The van der Waals surface area contributed by atoms with Crippen LogP contribution in [0.25, 0.3) is 0 Å². The number of aliphatic imine (C=N–C) groups is 1. The number of halogens is 1. The minimum absolute atomic E-state index is 0. The quantitative estimate of drug-likeness (QED) is 0.273. The minimum atomic E-state index is 0. The van der Waals surface area contributed by atoms with E-state index >= 15 is 0 Å². The van der Waals surface area contributed by atoms with Gasteiger partial charge in [-0.2, -0.15) is 5.10 Å². The Hall–Kier alpha value is -1.68. The summed E-state index contributed by atoms with van der Waals surface area (Å²) < 4.78 is 7.72. The fourth-order valence-electron chi connectivity index (χ4n) is 3.02. The Labute approximate surface area is 178 Å². The summed E-state index contributed by atoms with van der Waals surface area (Å²) in [4.78, 5) is 8.87. The third kappa shape index (κ3) is 6.46. The maximum atomic E-state index is 5.70. The first-order chi connectivity index (χ1) is 12.8. The molecule has 0 saturated heterocycles. The van der Waals surface area contributed by atoms with Crippen LogP contribution in [0.5, 0.6) is 0 Å². The van der Waals surface area contributed by atoms with Gasteiger partial charge >= 0.3 is 0 Å². The van der Waals surface area contributed by atoms with Crippen molar-refractivity contribution in [1.29, 1.82) is 0 Å². The number of fused-ring (bicyclic) bond motifs is 1. The molecule has 0 amide bonds. The number of nitrogens with zero attached hydrogens (tertiary/aromatic N) is 4. The van der Waals surface area contributed by atoms with Crippen molar-refractivity contribution in [3.63, 3.8) is 0 Å². The van der Waals surface area contributed by atoms with E-state index in [0.717, 1.165) is 43.4 Å². The van der Waals surface area contributed by atoms with Gasteiger partial charge in [-0.1, -0.05) is 37.3 Å². The van der Waals surface area contributed by atoms with Crippen molar-refractivity contribution in [1.82, 2.24) is 25.4 Å². The molecular formula is C19H29IN6O. The average Bonchev–Trinajstić information content (AvgIpc) is 3.10. The lowest BCUT2D eigenvalue weighted by atomic mass is 10.1. The second kappa shape index (κ2) is 11.2. The van der Waals surface area contributed by atoms with Crippen molar-refractivity contribution in [2.24, 2.45) is 4.99 Å². The van der Waals surface area contributed by atoms with Crippen LogP contribution < -0.4 is 10.6 Å². The van der Waals surface area contributed by atoms with E-state index in [1.165, 1.54) is 5.56 Å². The second-order valence-electron chi connectivity index (χ2n) is 6.40. The van der Waals surface area contributed by atoms with Gasteiger partial charge in [0.1, 0.15) is 5.82 Å². The van der Waals surface area contributed by atoms with E-state index in [1.54, 1.807) is 7.05 Å². The average molecular weight is 484 g/mol. The molecule has 3 rings (SSSR count). The fraction of sp³-hybridized carbons (Fsp3) is 0.526. The van der Waals surface area contributed by atoms with E-state index < -0.39 is 0 Å². The standard InChI is InChI=1S/C19H28N6O.HI/c1-3-17-23-18-10-9-16(13-25(18)24-17)22-19(20-2)21-11-12-26-14-15-7-5-4-6-8-15;/h4-8,16H,3,9-14H2,1-2H3,(H2,20,21,22);1H. The SMILES string of the molecule is CCc1nc2n(n1)CC(NC(=NC)NCCOCc1ccccc1)CC2.I. The number of aryl methyl sites for hydroxylation is 2. The molecule has 0 bridgehead atoms. The summed E-state index contributed by atoms with van der Waals surface area (Å²) in [6.45, 7) is 4.89. The molecule has 0 spiro atoms. The van der Waals surface area contributed by atoms with Gasteiger partial charge in [-0.15, -0.1) is 24.0 Å². The highest BCUT2D eigenvalue weighted by Crippen LogP contribution is 2.13. The van der Waals surface area contributed by atoms with Gasteiger partial charge < -0.3 is 15.4 Å². The zero-order valence-corrected chi connectivity index (χ0v) is 18.3. The number of hydrogen-bond donors (Lipinski definition) is 2. The lowest BCUT2D eigenvalue weighted by Crippen LogP contribution is -2.47. The van der Waals surface area contributed by atoms with Crippen LogP contribution in [0.3, 0.4) is 0 Å². The lowest BCUT2D eigenvalue weighted by Gasteiger charge is -2.25. The Morgan fingerprint density at radius 1 is 1.33 bits per heavy atom. The first-order valence-corrected chi connectivity index (χ1v) is 9.30. The third-order valence-corrected chi connectivity index (χ3v) is 4.43. The molecule has 1 aliphatic heterocycles. The number of hydrogen-bond acceptors (Lipinski definition) is 4. The first kappa shape index (κ1) is 21.6. The molecule has 1 atom stereocenters. The van der Waals surface area contributed by atoms with Crippen molar-refractivity contribution in [3.8, 4) is 0 Å². The molecule has 0 fully saturated rings. The number of benzene rings is 1. The predicted molar refractivity (Wildman–Crippen MR) is 118 cm³/mol. The van der Waals surface area contributed by atoms with Gasteiger partial charge in [-0.3, -0.25) is 4.99 Å². The fourth-order valence-corrected chi connectivity index (χ4v) is 3.02. The molecule has 2 N–H and O–H groups in total. The number of aromatic nitrogens is 3.